The van der Waals surface area contributed by atoms with Crippen molar-refractivity contribution in [1.82, 2.24) is 13.9 Å². The van der Waals surface area contributed by atoms with Crippen molar-refractivity contribution in [3.05, 3.63) is 60.3 Å². The number of nitrogens with zero attached hydrogens (tertiary/aromatic N) is 3. The van der Waals surface area contributed by atoms with Crippen LogP contribution in [0.4, 0.5) is 5.69 Å². The van der Waals surface area contributed by atoms with Crippen LogP contribution in [-0.2, 0) is 16.6 Å². The first-order valence-corrected chi connectivity index (χ1v) is 13.2. The van der Waals surface area contributed by atoms with Crippen molar-refractivity contribution in [2.24, 2.45) is 0 Å². The maximum absolute atomic E-state index is 12.9. The average molecular weight is 469 g/mol. The lowest BCUT2D eigenvalue weighted by atomic mass is 10.1. The highest BCUT2D eigenvalue weighted by Crippen LogP contribution is 2.32. The molecule has 2 aromatic carbocycles. The highest BCUT2D eigenvalue weighted by atomic mass is 32.2. The molecule has 166 valence electrons. The molecular formula is C23H24N4O3S2. The number of carbonyl (C=O) groups is 1. The van der Waals surface area contributed by atoms with Gasteiger partial charge in [0.15, 0.2) is 5.16 Å². The summed E-state index contributed by atoms with van der Waals surface area (Å²) in [6.07, 6.45) is 4.85. The number of carbonyl (C=O) groups excluding carboxylic acids is 1. The summed E-state index contributed by atoms with van der Waals surface area (Å²) in [4.78, 5) is 17.8. The summed E-state index contributed by atoms with van der Waals surface area (Å²) < 4.78 is 29.3. The van der Waals surface area contributed by atoms with Gasteiger partial charge in [-0.25, -0.2) is 13.4 Å². The summed E-state index contributed by atoms with van der Waals surface area (Å²) in [6.45, 7) is 2.04. The molecule has 1 aromatic heterocycles. The summed E-state index contributed by atoms with van der Waals surface area (Å²) in [5, 5.41) is 3.95. The second-order valence-corrected chi connectivity index (χ2v) is 10.9. The molecule has 1 fully saturated rings. The van der Waals surface area contributed by atoms with Crippen LogP contribution in [0.2, 0.25) is 0 Å². The van der Waals surface area contributed by atoms with E-state index >= 15 is 0 Å². The number of nitrogens with one attached hydrogen (secondary N) is 1. The van der Waals surface area contributed by atoms with Crippen LogP contribution in [0.1, 0.15) is 29.6 Å². The predicted molar refractivity (Wildman–Crippen MR) is 125 cm³/mol. The summed E-state index contributed by atoms with van der Waals surface area (Å²) >= 11 is 1.73. The number of amides is 1. The van der Waals surface area contributed by atoms with Gasteiger partial charge in [0.1, 0.15) is 0 Å². The SMILES string of the molecule is O=C(Nc1ccccc1-c1cn2c(n1)SCC2)c1ccc(S(=O)(=O)N2CCCCC2)cc1. The van der Waals surface area contributed by atoms with Crippen molar-refractivity contribution < 1.29 is 13.2 Å². The number of anilines is 1. The van der Waals surface area contributed by atoms with Crippen LogP contribution in [-0.4, -0.2) is 47.0 Å². The van der Waals surface area contributed by atoms with E-state index in [1.54, 1.807) is 23.9 Å². The van der Waals surface area contributed by atoms with Crippen molar-refractivity contribution >= 4 is 33.4 Å². The normalized spacial score (nSPS) is 16.6. The van der Waals surface area contributed by atoms with Gasteiger partial charge in [-0.1, -0.05) is 36.4 Å². The Morgan fingerprint density at radius 1 is 0.969 bits per heavy atom. The van der Waals surface area contributed by atoms with Gasteiger partial charge < -0.3 is 9.88 Å². The van der Waals surface area contributed by atoms with Gasteiger partial charge in [0.25, 0.3) is 5.91 Å². The molecule has 2 aliphatic rings. The molecule has 7 nitrogen and oxygen atoms in total. The molecule has 0 saturated carbocycles. The molecule has 5 rings (SSSR count). The lowest BCUT2D eigenvalue weighted by Crippen LogP contribution is -2.35. The Morgan fingerprint density at radius 3 is 2.47 bits per heavy atom. The minimum absolute atomic E-state index is 0.223. The Labute approximate surface area is 191 Å². The monoisotopic (exact) mass is 468 g/mol. The molecule has 0 spiro atoms. The number of aryl methyl sites for hydroxylation is 1. The molecule has 1 N–H and O–H groups in total. The first-order valence-electron chi connectivity index (χ1n) is 10.7. The molecule has 3 heterocycles. The molecule has 3 aromatic rings. The van der Waals surface area contributed by atoms with E-state index in [4.69, 9.17) is 0 Å². The van der Waals surface area contributed by atoms with Crippen molar-refractivity contribution in [2.75, 3.05) is 24.2 Å². The number of rotatable bonds is 5. The van der Waals surface area contributed by atoms with Gasteiger partial charge in [-0.05, 0) is 43.2 Å². The summed E-state index contributed by atoms with van der Waals surface area (Å²) in [5.74, 6) is 0.741. The Hall–Kier alpha value is -2.62. The molecule has 32 heavy (non-hydrogen) atoms. The Balaban J connectivity index is 1.35. The van der Waals surface area contributed by atoms with Gasteiger partial charge in [-0.2, -0.15) is 4.31 Å². The zero-order valence-electron chi connectivity index (χ0n) is 17.5. The van der Waals surface area contributed by atoms with Crippen LogP contribution in [0, 0.1) is 0 Å². The zero-order valence-corrected chi connectivity index (χ0v) is 19.2. The third-order valence-electron chi connectivity index (χ3n) is 5.82. The molecule has 0 radical (unpaired) electrons. The summed E-state index contributed by atoms with van der Waals surface area (Å²) in [5.41, 5.74) is 2.75. The maximum Gasteiger partial charge on any atom is 0.255 e. The molecule has 0 bridgehead atoms. The van der Waals surface area contributed by atoms with E-state index in [9.17, 15) is 13.2 Å². The Morgan fingerprint density at radius 2 is 1.72 bits per heavy atom. The zero-order chi connectivity index (χ0) is 22.1. The number of piperidine rings is 1. The van der Waals surface area contributed by atoms with E-state index < -0.39 is 10.0 Å². The summed E-state index contributed by atoms with van der Waals surface area (Å²) in [6, 6.07) is 13.7. The van der Waals surface area contributed by atoms with Gasteiger partial charge in [-0.3, -0.25) is 4.79 Å². The highest BCUT2D eigenvalue weighted by Gasteiger charge is 2.26. The molecule has 1 saturated heterocycles. The number of benzene rings is 2. The molecule has 9 heteroatoms. The molecule has 0 unspecified atom stereocenters. The number of aromatic nitrogens is 2. The quantitative estimate of drug-likeness (QED) is 0.610. The number of para-hydroxylation sites is 1. The minimum Gasteiger partial charge on any atom is -0.325 e. The highest BCUT2D eigenvalue weighted by molar-refractivity contribution is 7.99. The lowest BCUT2D eigenvalue weighted by Gasteiger charge is -2.25. The molecule has 2 aliphatic heterocycles. The van der Waals surface area contributed by atoms with Gasteiger partial charge in [0.2, 0.25) is 10.0 Å². The van der Waals surface area contributed by atoms with E-state index in [0.717, 1.165) is 48.0 Å². The molecular weight excluding hydrogens is 444 g/mol. The van der Waals surface area contributed by atoms with Gasteiger partial charge >= 0.3 is 0 Å². The van der Waals surface area contributed by atoms with Crippen LogP contribution in [0.3, 0.4) is 0 Å². The number of hydrogen-bond acceptors (Lipinski definition) is 5. The van der Waals surface area contributed by atoms with Crippen molar-refractivity contribution in [2.45, 2.75) is 35.9 Å². The topological polar surface area (TPSA) is 84.3 Å². The fourth-order valence-corrected chi connectivity index (χ4v) is 6.54. The van der Waals surface area contributed by atoms with Gasteiger partial charge in [0.05, 0.1) is 16.3 Å². The smallest absolute Gasteiger partial charge is 0.255 e. The number of imidazole rings is 1. The number of thioether (sulfide) groups is 1. The molecule has 0 aliphatic carbocycles. The standard InChI is InChI=1S/C23H24N4O3S2/c28-22(17-8-10-18(11-9-17)32(29,30)27-12-4-1-5-13-27)24-20-7-3-2-6-19(20)21-16-26-14-15-31-23(26)25-21/h2-3,6-11,16H,1,4-5,12-15H2,(H,24,28). The summed E-state index contributed by atoms with van der Waals surface area (Å²) in [7, 11) is -3.52. The predicted octanol–water partition coefficient (Wildman–Crippen LogP) is 4.08. The van der Waals surface area contributed by atoms with E-state index in [1.807, 2.05) is 30.5 Å². The van der Waals surface area contributed by atoms with E-state index in [-0.39, 0.29) is 10.8 Å². The van der Waals surface area contributed by atoms with Crippen molar-refractivity contribution in [3.8, 4) is 11.3 Å². The van der Waals surface area contributed by atoms with Crippen LogP contribution in [0.25, 0.3) is 11.3 Å². The van der Waals surface area contributed by atoms with Crippen LogP contribution in [0.15, 0.2) is 64.8 Å². The van der Waals surface area contributed by atoms with Crippen molar-refractivity contribution in [1.29, 1.82) is 0 Å². The van der Waals surface area contributed by atoms with E-state index in [0.29, 0.717) is 24.3 Å². The Kier molecular flexibility index (Phi) is 5.79. The minimum atomic E-state index is -3.52. The van der Waals surface area contributed by atoms with Gasteiger partial charge in [0, 0.05) is 42.7 Å². The largest absolute Gasteiger partial charge is 0.325 e. The first kappa shape index (κ1) is 21.2. The maximum atomic E-state index is 12.9. The third kappa shape index (κ3) is 4.07. The first-order chi connectivity index (χ1) is 15.5. The second kappa shape index (κ2) is 8.73. The van der Waals surface area contributed by atoms with Crippen LogP contribution in [0.5, 0.6) is 0 Å². The number of fused-ring (bicyclic) bond motifs is 1. The number of hydrogen-bond donors (Lipinski definition) is 1. The van der Waals surface area contributed by atoms with Crippen molar-refractivity contribution in [3.63, 3.8) is 0 Å². The Bertz CT molecular complexity index is 1230. The third-order valence-corrected chi connectivity index (χ3v) is 8.71. The second-order valence-electron chi connectivity index (χ2n) is 7.94. The average Bonchev–Trinajstić information content (AvgIpc) is 3.43. The van der Waals surface area contributed by atoms with Crippen LogP contribution >= 0.6 is 11.8 Å². The number of sulfonamides is 1. The van der Waals surface area contributed by atoms with E-state index in [1.165, 1.54) is 16.4 Å². The fraction of sp³-hybridized carbons (Fsp3) is 0.304. The van der Waals surface area contributed by atoms with E-state index in [2.05, 4.69) is 14.9 Å². The molecule has 1 amide bonds. The fourth-order valence-electron chi connectivity index (χ4n) is 4.08. The lowest BCUT2D eigenvalue weighted by molar-refractivity contribution is 0.102. The van der Waals surface area contributed by atoms with Gasteiger partial charge in [-0.15, -0.1) is 0 Å². The van der Waals surface area contributed by atoms with Crippen LogP contribution < -0.4 is 5.32 Å². The molecule has 0 atom stereocenters.